The SMILES string of the molecule is CC(C)(C)OC(=O)N1CCc2c(C#N)nn(C3CC3)c2C1. The Hall–Kier alpha value is -2.03. The maximum atomic E-state index is 12.2. The molecule has 2 heterocycles. The molecule has 6 nitrogen and oxygen atoms in total. The van der Waals surface area contributed by atoms with Gasteiger partial charge in [-0.15, -0.1) is 0 Å². The zero-order valence-electron chi connectivity index (χ0n) is 12.7. The maximum Gasteiger partial charge on any atom is 0.410 e. The second-order valence-corrected chi connectivity index (χ2v) is 6.71. The molecule has 1 aliphatic carbocycles. The number of hydrogen-bond donors (Lipinski definition) is 0. The van der Waals surface area contributed by atoms with Crippen LogP contribution in [0.2, 0.25) is 0 Å². The van der Waals surface area contributed by atoms with Crippen LogP contribution < -0.4 is 0 Å². The molecule has 1 amide bonds. The molecule has 1 aromatic heterocycles. The van der Waals surface area contributed by atoms with Crippen LogP contribution in [0.3, 0.4) is 0 Å². The molecule has 1 saturated carbocycles. The number of hydrogen-bond acceptors (Lipinski definition) is 4. The van der Waals surface area contributed by atoms with Gasteiger partial charge in [-0.2, -0.15) is 10.4 Å². The van der Waals surface area contributed by atoms with Gasteiger partial charge in [-0.05, 0) is 40.0 Å². The second-order valence-electron chi connectivity index (χ2n) is 6.71. The molecule has 1 aliphatic heterocycles. The molecule has 6 heteroatoms. The summed E-state index contributed by atoms with van der Waals surface area (Å²) in [5.41, 5.74) is 2.03. The highest BCUT2D eigenvalue weighted by Crippen LogP contribution is 2.38. The minimum Gasteiger partial charge on any atom is -0.444 e. The highest BCUT2D eigenvalue weighted by atomic mass is 16.6. The van der Waals surface area contributed by atoms with Gasteiger partial charge in [-0.3, -0.25) is 4.68 Å². The van der Waals surface area contributed by atoms with Crippen molar-refractivity contribution in [3.8, 4) is 6.07 Å². The molecule has 1 aromatic rings. The van der Waals surface area contributed by atoms with E-state index in [1.54, 1.807) is 4.90 Å². The first-order chi connectivity index (χ1) is 9.89. The van der Waals surface area contributed by atoms with Crippen molar-refractivity contribution in [3.05, 3.63) is 17.0 Å². The third kappa shape index (κ3) is 2.73. The quantitative estimate of drug-likeness (QED) is 0.795. The van der Waals surface area contributed by atoms with Crippen molar-refractivity contribution in [2.45, 2.75) is 58.2 Å². The molecule has 3 rings (SSSR count). The van der Waals surface area contributed by atoms with Gasteiger partial charge in [0.2, 0.25) is 0 Å². The van der Waals surface area contributed by atoms with Gasteiger partial charge in [-0.1, -0.05) is 0 Å². The normalized spacial score (nSPS) is 18.1. The van der Waals surface area contributed by atoms with Crippen LogP contribution >= 0.6 is 0 Å². The number of nitrogens with zero attached hydrogens (tertiary/aromatic N) is 4. The number of carbonyl (C=O) groups is 1. The fourth-order valence-electron chi connectivity index (χ4n) is 2.63. The lowest BCUT2D eigenvalue weighted by molar-refractivity contribution is 0.0218. The smallest absolute Gasteiger partial charge is 0.410 e. The van der Waals surface area contributed by atoms with Crippen molar-refractivity contribution in [2.24, 2.45) is 0 Å². The topological polar surface area (TPSA) is 71.2 Å². The van der Waals surface area contributed by atoms with Crippen LogP contribution in [0.15, 0.2) is 0 Å². The number of rotatable bonds is 1. The number of nitriles is 1. The highest BCUT2D eigenvalue weighted by molar-refractivity contribution is 5.68. The summed E-state index contributed by atoms with van der Waals surface area (Å²) < 4.78 is 7.38. The fourth-order valence-corrected chi connectivity index (χ4v) is 2.63. The van der Waals surface area contributed by atoms with E-state index < -0.39 is 5.60 Å². The maximum absolute atomic E-state index is 12.2. The summed E-state index contributed by atoms with van der Waals surface area (Å²) in [4.78, 5) is 13.9. The van der Waals surface area contributed by atoms with Crippen molar-refractivity contribution in [1.29, 1.82) is 5.26 Å². The zero-order chi connectivity index (χ0) is 15.2. The summed E-state index contributed by atoms with van der Waals surface area (Å²) in [5, 5.41) is 13.6. The summed E-state index contributed by atoms with van der Waals surface area (Å²) in [7, 11) is 0. The van der Waals surface area contributed by atoms with Crippen LogP contribution in [0, 0.1) is 11.3 Å². The van der Waals surface area contributed by atoms with E-state index in [9.17, 15) is 10.1 Å². The Morgan fingerprint density at radius 3 is 2.71 bits per heavy atom. The predicted molar refractivity (Wildman–Crippen MR) is 75.6 cm³/mol. The van der Waals surface area contributed by atoms with Gasteiger partial charge in [-0.25, -0.2) is 4.79 Å². The van der Waals surface area contributed by atoms with Crippen molar-refractivity contribution in [3.63, 3.8) is 0 Å². The van der Waals surface area contributed by atoms with Crippen molar-refractivity contribution in [2.75, 3.05) is 6.54 Å². The van der Waals surface area contributed by atoms with E-state index in [4.69, 9.17) is 4.74 Å². The molecule has 0 unspecified atom stereocenters. The Morgan fingerprint density at radius 2 is 2.14 bits per heavy atom. The third-order valence-electron chi connectivity index (χ3n) is 3.74. The van der Waals surface area contributed by atoms with Gasteiger partial charge < -0.3 is 9.64 Å². The van der Waals surface area contributed by atoms with Gasteiger partial charge in [0, 0.05) is 12.1 Å². The molecule has 0 aromatic carbocycles. The number of amides is 1. The van der Waals surface area contributed by atoms with E-state index in [0.29, 0.717) is 31.2 Å². The molecule has 0 saturated heterocycles. The lowest BCUT2D eigenvalue weighted by atomic mass is 10.0. The number of carbonyl (C=O) groups excluding carboxylic acids is 1. The molecule has 0 bridgehead atoms. The summed E-state index contributed by atoms with van der Waals surface area (Å²) in [6.07, 6.45) is 2.58. The van der Waals surface area contributed by atoms with Crippen LogP contribution in [0.5, 0.6) is 0 Å². The Morgan fingerprint density at radius 1 is 1.43 bits per heavy atom. The molecule has 2 aliphatic rings. The molecule has 21 heavy (non-hydrogen) atoms. The summed E-state index contributed by atoms with van der Waals surface area (Å²) in [6, 6.07) is 2.58. The van der Waals surface area contributed by atoms with E-state index in [1.165, 1.54) is 0 Å². The van der Waals surface area contributed by atoms with Gasteiger partial charge in [0.05, 0.1) is 18.3 Å². The number of fused-ring (bicyclic) bond motifs is 1. The fraction of sp³-hybridized carbons (Fsp3) is 0.667. The average Bonchev–Trinajstić information content (AvgIpc) is 3.17. The molecule has 0 N–H and O–H groups in total. The summed E-state index contributed by atoms with van der Waals surface area (Å²) in [6.45, 7) is 6.65. The van der Waals surface area contributed by atoms with Crippen LogP contribution in [-0.2, 0) is 17.7 Å². The molecule has 1 fully saturated rings. The number of aromatic nitrogens is 2. The van der Waals surface area contributed by atoms with Gasteiger partial charge in [0.1, 0.15) is 11.7 Å². The van der Waals surface area contributed by atoms with Crippen molar-refractivity contribution >= 4 is 6.09 Å². The zero-order valence-corrected chi connectivity index (χ0v) is 12.7. The molecule has 0 spiro atoms. The Balaban J connectivity index is 1.83. The van der Waals surface area contributed by atoms with Crippen LogP contribution in [-0.4, -0.2) is 32.9 Å². The lowest BCUT2D eigenvalue weighted by Gasteiger charge is -2.30. The Kier molecular flexibility index (Phi) is 3.16. The van der Waals surface area contributed by atoms with E-state index in [1.807, 2.05) is 25.5 Å². The van der Waals surface area contributed by atoms with Crippen molar-refractivity contribution < 1.29 is 9.53 Å². The average molecular weight is 288 g/mol. The Labute approximate surface area is 124 Å². The molecular formula is C15H20N4O2. The molecule has 0 radical (unpaired) electrons. The Bertz CT molecular complexity index is 617. The summed E-state index contributed by atoms with van der Waals surface area (Å²) >= 11 is 0. The first-order valence-corrected chi connectivity index (χ1v) is 7.37. The minimum atomic E-state index is -0.494. The van der Waals surface area contributed by atoms with Crippen LogP contribution in [0.1, 0.15) is 56.6 Å². The lowest BCUT2D eigenvalue weighted by Crippen LogP contribution is -2.40. The molecule has 112 valence electrons. The summed E-state index contributed by atoms with van der Waals surface area (Å²) in [5.74, 6) is 0. The second kappa shape index (κ2) is 4.76. The molecular weight excluding hydrogens is 268 g/mol. The van der Waals surface area contributed by atoms with Gasteiger partial charge in [0.25, 0.3) is 0 Å². The van der Waals surface area contributed by atoms with E-state index >= 15 is 0 Å². The predicted octanol–water partition coefficient (Wildman–Crippen LogP) is 2.38. The largest absolute Gasteiger partial charge is 0.444 e. The minimum absolute atomic E-state index is 0.296. The highest BCUT2D eigenvalue weighted by Gasteiger charge is 2.34. The standard InChI is InChI=1S/C15H20N4O2/c1-15(2,3)21-14(20)18-7-6-11-12(8-16)17-19(10-4-5-10)13(11)9-18/h10H,4-7,9H2,1-3H3. The van der Waals surface area contributed by atoms with E-state index in [-0.39, 0.29) is 6.09 Å². The van der Waals surface area contributed by atoms with E-state index in [0.717, 1.165) is 24.1 Å². The first kappa shape index (κ1) is 13.9. The van der Waals surface area contributed by atoms with Gasteiger partial charge >= 0.3 is 6.09 Å². The van der Waals surface area contributed by atoms with Crippen molar-refractivity contribution in [1.82, 2.24) is 14.7 Å². The van der Waals surface area contributed by atoms with E-state index in [2.05, 4.69) is 11.2 Å². The van der Waals surface area contributed by atoms with Gasteiger partial charge in [0.15, 0.2) is 5.69 Å². The third-order valence-corrected chi connectivity index (χ3v) is 3.74. The molecule has 0 atom stereocenters. The first-order valence-electron chi connectivity index (χ1n) is 7.37. The van der Waals surface area contributed by atoms with Crippen LogP contribution in [0.4, 0.5) is 4.79 Å². The van der Waals surface area contributed by atoms with Crippen LogP contribution in [0.25, 0.3) is 0 Å². The number of ether oxygens (including phenoxy) is 1. The monoisotopic (exact) mass is 288 g/mol.